The fraction of sp³-hybridized carbons (Fsp3) is 0.452. The van der Waals surface area contributed by atoms with Gasteiger partial charge in [0.25, 0.3) is 11.8 Å². The van der Waals surface area contributed by atoms with Gasteiger partial charge in [-0.25, -0.2) is 18.7 Å². The molecule has 3 N–H and O–H groups in total. The van der Waals surface area contributed by atoms with Crippen molar-refractivity contribution in [2.24, 2.45) is 0 Å². The van der Waals surface area contributed by atoms with E-state index in [1.54, 1.807) is 12.3 Å². The maximum absolute atomic E-state index is 14.0. The second-order valence-corrected chi connectivity index (χ2v) is 10.9. The van der Waals surface area contributed by atoms with Crippen molar-refractivity contribution in [3.05, 3.63) is 70.5 Å². The van der Waals surface area contributed by atoms with Gasteiger partial charge in [0.1, 0.15) is 5.75 Å². The molecule has 0 saturated heterocycles. The molecule has 3 aromatic rings. The quantitative estimate of drug-likeness (QED) is 0.234. The number of amides is 1. The highest BCUT2D eigenvalue weighted by Crippen LogP contribution is 2.34. The molecule has 8 nitrogen and oxygen atoms in total. The van der Waals surface area contributed by atoms with E-state index in [0.29, 0.717) is 29.5 Å². The summed E-state index contributed by atoms with van der Waals surface area (Å²) in [4.78, 5) is 24.5. The van der Waals surface area contributed by atoms with Crippen molar-refractivity contribution in [3.63, 3.8) is 0 Å². The molecule has 41 heavy (non-hydrogen) atoms. The normalized spacial score (nSPS) is 14.7. The second-order valence-electron chi connectivity index (χ2n) is 10.9. The summed E-state index contributed by atoms with van der Waals surface area (Å²) in [7, 11) is 3.31. The lowest BCUT2D eigenvalue weighted by atomic mass is 10.0. The first-order valence-electron chi connectivity index (χ1n) is 14.0. The minimum absolute atomic E-state index is 0.0192. The van der Waals surface area contributed by atoms with Gasteiger partial charge >= 0.3 is 0 Å². The van der Waals surface area contributed by atoms with Crippen LogP contribution in [0, 0.1) is 6.92 Å². The number of fused-ring (bicyclic) bond motifs is 1. The van der Waals surface area contributed by atoms with Gasteiger partial charge in [0.2, 0.25) is 5.95 Å². The smallest absolute Gasteiger partial charge is 0.270 e. The van der Waals surface area contributed by atoms with Gasteiger partial charge in [-0.05, 0) is 62.6 Å². The molecule has 2 heterocycles. The monoisotopic (exact) mass is 566 g/mol. The Hall–Kier alpha value is -3.79. The van der Waals surface area contributed by atoms with Crippen molar-refractivity contribution in [2.75, 3.05) is 24.8 Å². The molecule has 2 atom stereocenters. The number of nitrogens with one attached hydrogen (secondary N) is 3. The van der Waals surface area contributed by atoms with E-state index in [2.05, 4.69) is 32.8 Å². The molecule has 1 aliphatic heterocycles. The van der Waals surface area contributed by atoms with Gasteiger partial charge < -0.3 is 20.7 Å². The van der Waals surface area contributed by atoms with E-state index in [0.717, 1.165) is 55.2 Å². The summed E-state index contributed by atoms with van der Waals surface area (Å²) in [6.45, 7) is 8.41. The number of carbonyl (C=O) groups excluding carboxylic acids is 1. The van der Waals surface area contributed by atoms with Crippen LogP contribution in [0.15, 0.2) is 42.6 Å². The zero-order valence-electron chi connectivity index (χ0n) is 24.6. The number of halogens is 2. The van der Waals surface area contributed by atoms with E-state index < -0.39 is 5.92 Å². The number of ether oxygens (including phenoxy) is 1. The lowest BCUT2D eigenvalue weighted by Gasteiger charge is -2.30. The van der Waals surface area contributed by atoms with Crippen LogP contribution in [-0.4, -0.2) is 47.0 Å². The fourth-order valence-corrected chi connectivity index (χ4v) is 5.31. The first-order valence-corrected chi connectivity index (χ1v) is 14.0. The van der Waals surface area contributed by atoms with E-state index in [4.69, 9.17) is 9.72 Å². The zero-order valence-corrected chi connectivity index (χ0v) is 24.6. The van der Waals surface area contributed by atoms with Gasteiger partial charge in [-0.3, -0.25) is 9.69 Å². The van der Waals surface area contributed by atoms with Gasteiger partial charge in [0, 0.05) is 79.5 Å². The van der Waals surface area contributed by atoms with Crippen LogP contribution in [-0.2, 0) is 19.0 Å². The number of aromatic nitrogens is 2. The molecule has 0 aliphatic carbocycles. The van der Waals surface area contributed by atoms with Gasteiger partial charge in [-0.2, -0.15) is 0 Å². The van der Waals surface area contributed by atoms with E-state index in [-0.39, 0.29) is 23.6 Å². The molecule has 0 spiro atoms. The first-order chi connectivity index (χ1) is 19.5. The predicted molar refractivity (Wildman–Crippen MR) is 158 cm³/mol. The molecule has 10 heteroatoms. The third-order valence-electron chi connectivity index (χ3n) is 7.49. The molecule has 1 aromatic heterocycles. The lowest BCUT2D eigenvalue weighted by molar-refractivity contribution is 0.0173. The van der Waals surface area contributed by atoms with Crippen LogP contribution in [0.1, 0.15) is 72.8 Å². The molecule has 2 aromatic carbocycles. The molecule has 0 saturated carbocycles. The van der Waals surface area contributed by atoms with Crippen molar-refractivity contribution in [3.8, 4) is 5.75 Å². The number of rotatable bonds is 12. The summed E-state index contributed by atoms with van der Waals surface area (Å²) in [5.41, 5.74) is 4.90. The second kappa shape index (κ2) is 12.8. The topological polar surface area (TPSA) is 91.4 Å². The van der Waals surface area contributed by atoms with Crippen LogP contribution < -0.4 is 20.7 Å². The summed E-state index contributed by atoms with van der Waals surface area (Å²) in [5, 5.41) is 9.36. The molecule has 1 aliphatic rings. The molecular formula is C31H40F2N6O2. The Labute approximate surface area is 240 Å². The van der Waals surface area contributed by atoms with Gasteiger partial charge in [0.05, 0.1) is 12.8 Å². The maximum atomic E-state index is 14.0. The number of alkyl halides is 2. The summed E-state index contributed by atoms with van der Waals surface area (Å²) < 4.78 is 33.2. The molecule has 0 unspecified atom stereocenters. The van der Waals surface area contributed by atoms with Crippen molar-refractivity contribution in [1.29, 1.82) is 0 Å². The highest BCUT2D eigenvalue weighted by atomic mass is 19.3. The number of carbonyl (C=O) groups is 1. The Bertz CT molecular complexity index is 1380. The average molecular weight is 567 g/mol. The number of anilines is 3. The zero-order chi connectivity index (χ0) is 29.7. The first kappa shape index (κ1) is 30.2. The molecule has 4 rings (SSSR count). The maximum Gasteiger partial charge on any atom is 0.270 e. The third kappa shape index (κ3) is 7.49. The van der Waals surface area contributed by atoms with E-state index >= 15 is 0 Å². The summed E-state index contributed by atoms with van der Waals surface area (Å²) in [6.07, 6.45) is 4.60. The lowest BCUT2D eigenvalue weighted by Crippen LogP contribution is -2.40. The van der Waals surface area contributed by atoms with Crippen LogP contribution >= 0.6 is 0 Å². The van der Waals surface area contributed by atoms with Crippen LogP contribution in [0.4, 0.5) is 26.1 Å². The van der Waals surface area contributed by atoms with Crippen molar-refractivity contribution >= 4 is 23.2 Å². The number of nitrogens with zero attached hydrogens (tertiary/aromatic N) is 3. The van der Waals surface area contributed by atoms with E-state index in [1.165, 1.54) is 19.2 Å². The van der Waals surface area contributed by atoms with Crippen molar-refractivity contribution < 1.29 is 18.3 Å². The van der Waals surface area contributed by atoms with E-state index in [1.807, 2.05) is 39.1 Å². The predicted octanol–water partition coefficient (Wildman–Crippen LogP) is 6.38. The number of hydrogen-bond acceptors (Lipinski definition) is 7. The highest BCUT2D eigenvalue weighted by Gasteiger charge is 2.29. The Kier molecular flexibility index (Phi) is 9.42. The average Bonchev–Trinajstić information content (AvgIpc) is 3.35. The summed E-state index contributed by atoms with van der Waals surface area (Å²) in [6, 6.07) is 10.2. The summed E-state index contributed by atoms with van der Waals surface area (Å²) >= 11 is 0. The summed E-state index contributed by atoms with van der Waals surface area (Å²) in [5.74, 6) is -2.42. The largest absolute Gasteiger partial charge is 0.497 e. The van der Waals surface area contributed by atoms with Crippen LogP contribution in [0.25, 0.3) is 0 Å². The Balaban J connectivity index is 1.42. The fourth-order valence-electron chi connectivity index (χ4n) is 5.31. The Morgan fingerprint density at radius 3 is 2.63 bits per heavy atom. The number of benzene rings is 2. The Morgan fingerprint density at radius 1 is 1.20 bits per heavy atom. The molecule has 0 radical (unpaired) electrons. The van der Waals surface area contributed by atoms with Crippen LogP contribution in [0.2, 0.25) is 0 Å². The number of methoxy groups -OCH3 is 1. The minimum Gasteiger partial charge on any atom is -0.497 e. The van der Waals surface area contributed by atoms with Gasteiger partial charge in [0.15, 0.2) is 0 Å². The number of aryl methyl sites for hydroxylation is 1. The standard InChI is InChI=1S/C31H40F2N6O2/c1-7-8-25(12-20(3)36-29(40)21-9-10-27(34-5)19(2)11-21)39-17-22-16-35-30(38-28(22)18-39)37-24-13-23(31(4,32)33)14-26(15-24)41-6/h9-11,13-16,20,25,34H,7-8,12,17-18H2,1-6H3,(H,36,40)(H,35,37,38)/t20-,25-/m1/s1. The van der Waals surface area contributed by atoms with Crippen molar-refractivity contribution in [1.82, 2.24) is 20.2 Å². The number of hydrogen-bond donors (Lipinski definition) is 3. The third-order valence-corrected chi connectivity index (χ3v) is 7.49. The van der Waals surface area contributed by atoms with Gasteiger partial charge in [-0.15, -0.1) is 0 Å². The highest BCUT2D eigenvalue weighted by molar-refractivity contribution is 5.95. The van der Waals surface area contributed by atoms with Crippen LogP contribution in [0.3, 0.4) is 0 Å². The SMILES string of the molecule is CCC[C@H](C[C@@H](C)NC(=O)c1ccc(NC)c(C)c1)N1Cc2cnc(Nc3cc(OC)cc(C(C)(F)F)c3)nc2C1. The molecular weight excluding hydrogens is 526 g/mol. The molecule has 0 fully saturated rings. The van der Waals surface area contributed by atoms with E-state index in [9.17, 15) is 13.6 Å². The Morgan fingerprint density at radius 2 is 1.98 bits per heavy atom. The molecule has 220 valence electrons. The minimum atomic E-state index is -3.01. The molecule has 1 amide bonds. The van der Waals surface area contributed by atoms with Crippen LogP contribution in [0.5, 0.6) is 5.75 Å². The van der Waals surface area contributed by atoms with Gasteiger partial charge in [-0.1, -0.05) is 13.3 Å². The molecule has 0 bridgehead atoms. The van der Waals surface area contributed by atoms with Crippen molar-refractivity contribution in [2.45, 2.75) is 78.1 Å².